The Balaban J connectivity index is 1.64. The molecule has 0 aliphatic carbocycles. The number of esters is 2. The van der Waals surface area contributed by atoms with Gasteiger partial charge in [0.25, 0.3) is 5.91 Å². The van der Waals surface area contributed by atoms with Crippen molar-refractivity contribution in [1.29, 1.82) is 0 Å². The van der Waals surface area contributed by atoms with Crippen LogP contribution in [-0.4, -0.2) is 47.8 Å². The Morgan fingerprint density at radius 2 is 1.61 bits per heavy atom. The highest BCUT2D eigenvalue weighted by Gasteiger charge is 2.42. The molecule has 0 radical (unpaired) electrons. The number of nitrogens with zero attached hydrogens (tertiary/aromatic N) is 2. The van der Waals surface area contributed by atoms with Gasteiger partial charge < -0.3 is 18.8 Å². The molecule has 2 aromatic carbocycles. The number of amides is 1. The van der Waals surface area contributed by atoms with Gasteiger partial charge in [-0.25, -0.2) is 14.6 Å². The number of hydrogen-bond donors (Lipinski definition) is 1. The molecule has 0 saturated heterocycles. The Bertz CT molecular complexity index is 1620. The van der Waals surface area contributed by atoms with Crippen LogP contribution in [0.3, 0.4) is 0 Å². The lowest BCUT2D eigenvalue weighted by molar-refractivity contribution is -0.202. The van der Waals surface area contributed by atoms with Gasteiger partial charge in [-0.1, -0.05) is 18.2 Å². The predicted molar refractivity (Wildman–Crippen MR) is 133 cm³/mol. The molecule has 0 spiro atoms. The van der Waals surface area contributed by atoms with E-state index in [1.807, 2.05) is 0 Å². The third-order valence-corrected chi connectivity index (χ3v) is 6.34. The number of fused-ring (bicyclic) bond motifs is 1. The van der Waals surface area contributed by atoms with Crippen molar-refractivity contribution in [2.75, 3.05) is 19.5 Å². The molecule has 1 N–H and O–H groups in total. The molecular weight excluding hydrogens is 584 g/mol. The van der Waals surface area contributed by atoms with Gasteiger partial charge in [0.1, 0.15) is 23.7 Å². The predicted octanol–water partition coefficient (Wildman–Crippen LogP) is 5.69. The standard InChI is InChI=1S/C25H17F6N3O6S/c1-38-17-8-13(24(26,27)28)9-18(39-2)20(17)14-11-41-23(32-14)33-21(36)16-7-12-5-3-4-6-15(12)34(16)10-19(35)40-22(37)25(29,30)31/h3-9,11H,10H2,1-2H3,(H,32,33,36). The number of aromatic nitrogens is 2. The average Bonchev–Trinajstić information content (AvgIpc) is 3.51. The number of rotatable bonds is 7. The van der Waals surface area contributed by atoms with Crippen LogP contribution >= 0.6 is 11.3 Å². The number of carbonyl (C=O) groups is 3. The highest BCUT2D eigenvalue weighted by Crippen LogP contribution is 2.44. The summed E-state index contributed by atoms with van der Waals surface area (Å²) < 4.78 is 92.6. The van der Waals surface area contributed by atoms with E-state index in [0.717, 1.165) is 28.0 Å². The van der Waals surface area contributed by atoms with Gasteiger partial charge in [0.15, 0.2) is 5.13 Å². The molecular formula is C25H17F6N3O6S. The van der Waals surface area contributed by atoms with Crippen LogP contribution in [0.2, 0.25) is 0 Å². The van der Waals surface area contributed by atoms with E-state index in [9.17, 15) is 40.7 Å². The Morgan fingerprint density at radius 3 is 2.20 bits per heavy atom. The lowest BCUT2D eigenvalue weighted by Gasteiger charge is -2.15. The molecule has 0 unspecified atom stereocenters. The molecule has 16 heteroatoms. The van der Waals surface area contributed by atoms with Gasteiger partial charge in [-0.15, -0.1) is 11.3 Å². The number of benzene rings is 2. The van der Waals surface area contributed by atoms with Gasteiger partial charge in [-0.05, 0) is 24.3 Å². The summed E-state index contributed by atoms with van der Waals surface area (Å²) in [6.07, 6.45) is -10.1. The van der Waals surface area contributed by atoms with E-state index in [4.69, 9.17) is 9.47 Å². The summed E-state index contributed by atoms with van der Waals surface area (Å²) in [5.74, 6) is -5.46. The number of nitrogens with one attached hydrogen (secondary N) is 1. The van der Waals surface area contributed by atoms with Crippen LogP contribution in [0, 0.1) is 0 Å². The van der Waals surface area contributed by atoms with Crippen molar-refractivity contribution in [2.45, 2.75) is 18.9 Å². The highest BCUT2D eigenvalue weighted by molar-refractivity contribution is 7.14. The van der Waals surface area contributed by atoms with Crippen molar-refractivity contribution in [3.63, 3.8) is 0 Å². The minimum Gasteiger partial charge on any atom is -0.496 e. The molecule has 0 aliphatic heterocycles. The maximum absolute atomic E-state index is 13.3. The van der Waals surface area contributed by atoms with Crippen molar-refractivity contribution >= 4 is 45.2 Å². The Kier molecular flexibility index (Phi) is 7.96. The first-order chi connectivity index (χ1) is 19.2. The highest BCUT2D eigenvalue weighted by atomic mass is 32.1. The lowest BCUT2D eigenvalue weighted by atomic mass is 10.1. The molecule has 0 bridgehead atoms. The molecule has 9 nitrogen and oxygen atoms in total. The largest absolute Gasteiger partial charge is 0.496 e. The molecule has 0 aliphatic rings. The van der Waals surface area contributed by atoms with Gasteiger partial charge in [0.05, 0.1) is 31.0 Å². The lowest BCUT2D eigenvalue weighted by Crippen LogP contribution is -2.30. The molecule has 4 aromatic rings. The molecule has 1 amide bonds. The molecule has 41 heavy (non-hydrogen) atoms. The first-order valence-corrected chi connectivity index (χ1v) is 12.1. The summed E-state index contributed by atoms with van der Waals surface area (Å²) >= 11 is 0.906. The Labute approximate surface area is 230 Å². The van der Waals surface area contributed by atoms with Gasteiger partial charge in [0, 0.05) is 16.3 Å². The van der Waals surface area contributed by atoms with E-state index >= 15 is 0 Å². The SMILES string of the molecule is COc1cc(C(F)(F)F)cc(OC)c1-c1csc(NC(=O)c2cc3ccccc3n2CC(=O)OC(=O)C(F)(F)F)n1. The van der Waals surface area contributed by atoms with Crippen LogP contribution in [0.5, 0.6) is 11.5 Å². The second-order valence-corrected chi connectivity index (χ2v) is 9.04. The number of alkyl halides is 6. The van der Waals surface area contributed by atoms with E-state index in [2.05, 4.69) is 15.0 Å². The zero-order valence-corrected chi connectivity index (χ0v) is 21.7. The van der Waals surface area contributed by atoms with E-state index in [0.29, 0.717) is 5.39 Å². The minimum atomic E-state index is -5.39. The fourth-order valence-electron chi connectivity index (χ4n) is 3.83. The Hall–Kier alpha value is -4.60. The topological polar surface area (TPSA) is 109 Å². The maximum atomic E-state index is 13.3. The molecule has 216 valence electrons. The van der Waals surface area contributed by atoms with Gasteiger partial charge in [-0.3, -0.25) is 10.1 Å². The zero-order chi connectivity index (χ0) is 30.1. The van der Waals surface area contributed by atoms with Crippen LogP contribution in [0.15, 0.2) is 47.8 Å². The fraction of sp³-hybridized carbons (Fsp3) is 0.200. The summed E-state index contributed by atoms with van der Waals surface area (Å²) in [6, 6.07) is 9.17. The summed E-state index contributed by atoms with van der Waals surface area (Å²) in [4.78, 5) is 40.6. The van der Waals surface area contributed by atoms with Crippen molar-refractivity contribution in [1.82, 2.24) is 9.55 Å². The van der Waals surface area contributed by atoms with Crippen LogP contribution in [-0.2, 0) is 27.0 Å². The van der Waals surface area contributed by atoms with Crippen molar-refractivity contribution in [2.24, 2.45) is 0 Å². The van der Waals surface area contributed by atoms with E-state index < -0.39 is 42.3 Å². The maximum Gasteiger partial charge on any atom is 0.491 e. The van der Waals surface area contributed by atoms with Gasteiger partial charge in [0.2, 0.25) is 0 Å². The number of carbonyl (C=O) groups excluding carboxylic acids is 3. The average molecular weight is 601 g/mol. The molecule has 2 aromatic heterocycles. The summed E-state index contributed by atoms with van der Waals surface area (Å²) in [7, 11) is 2.33. The minimum absolute atomic E-state index is 0.0133. The smallest absolute Gasteiger partial charge is 0.491 e. The molecule has 0 atom stereocenters. The quantitative estimate of drug-likeness (QED) is 0.165. The number of hydrogen-bond acceptors (Lipinski definition) is 8. The molecule has 0 fully saturated rings. The second kappa shape index (κ2) is 11.1. The van der Waals surface area contributed by atoms with Crippen LogP contribution in [0.4, 0.5) is 31.5 Å². The summed E-state index contributed by atoms with van der Waals surface area (Å²) in [5, 5.41) is 4.35. The van der Waals surface area contributed by atoms with E-state index in [-0.39, 0.29) is 39.1 Å². The number of methoxy groups -OCH3 is 2. The number of para-hydroxylation sites is 1. The van der Waals surface area contributed by atoms with Crippen LogP contribution in [0.1, 0.15) is 16.1 Å². The zero-order valence-electron chi connectivity index (χ0n) is 20.8. The van der Waals surface area contributed by atoms with Crippen molar-refractivity contribution in [3.05, 3.63) is 59.1 Å². The summed E-state index contributed by atoms with van der Waals surface area (Å²) in [6.45, 7) is -0.902. The van der Waals surface area contributed by atoms with Crippen LogP contribution in [0.25, 0.3) is 22.2 Å². The van der Waals surface area contributed by atoms with Crippen molar-refractivity contribution in [3.8, 4) is 22.8 Å². The number of halogens is 6. The third-order valence-electron chi connectivity index (χ3n) is 5.58. The molecule has 0 saturated carbocycles. The van der Waals surface area contributed by atoms with E-state index in [1.165, 1.54) is 31.7 Å². The monoisotopic (exact) mass is 601 g/mol. The van der Waals surface area contributed by atoms with Crippen molar-refractivity contribution < 1.29 is 54.9 Å². The number of anilines is 1. The number of thiazole rings is 1. The first kappa shape index (κ1) is 29.4. The normalized spacial score (nSPS) is 11.8. The third kappa shape index (κ3) is 6.26. The molecule has 4 rings (SSSR count). The fourth-order valence-corrected chi connectivity index (χ4v) is 4.52. The van der Waals surface area contributed by atoms with E-state index in [1.54, 1.807) is 18.2 Å². The Morgan fingerprint density at radius 1 is 0.976 bits per heavy atom. The second-order valence-electron chi connectivity index (χ2n) is 8.18. The summed E-state index contributed by atoms with van der Waals surface area (Å²) in [5.41, 5.74) is -0.701. The van der Waals surface area contributed by atoms with Gasteiger partial charge >= 0.3 is 24.3 Å². The molecule has 2 heterocycles. The van der Waals surface area contributed by atoms with Crippen LogP contribution < -0.4 is 14.8 Å². The number of ether oxygens (including phenoxy) is 3. The first-order valence-electron chi connectivity index (χ1n) is 11.2. The van der Waals surface area contributed by atoms with Gasteiger partial charge in [-0.2, -0.15) is 26.3 Å².